The van der Waals surface area contributed by atoms with Crippen LogP contribution >= 0.6 is 0 Å². The van der Waals surface area contributed by atoms with Crippen LogP contribution in [0.25, 0.3) is 10.9 Å². The minimum Gasteiger partial charge on any atom is -0.388 e. The number of aliphatic hydroxyl groups is 1. The van der Waals surface area contributed by atoms with Crippen molar-refractivity contribution in [1.82, 2.24) is 19.8 Å². The molecule has 0 aliphatic carbocycles. The Morgan fingerprint density at radius 1 is 1.23 bits per heavy atom. The second-order valence-electron chi connectivity index (χ2n) is 7.38. The Bertz CT molecular complexity index is 1150. The number of fused-ring (bicyclic) bond motifs is 2. The Balaban J connectivity index is 1.83. The van der Waals surface area contributed by atoms with Crippen molar-refractivity contribution in [3.8, 4) is 11.8 Å². The lowest BCUT2D eigenvalue weighted by atomic mass is 9.97. The number of amides is 3. The molecule has 2 atom stereocenters. The fourth-order valence-corrected chi connectivity index (χ4v) is 3.99. The number of hydrogen-bond acceptors (Lipinski definition) is 7. The van der Waals surface area contributed by atoms with E-state index in [0.717, 1.165) is 10.3 Å². The Labute approximate surface area is 174 Å². The van der Waals surface area contributed by atoms with E-state index < -0.39 is 23.6 Å². The Hall–Kier alpha value is -3.51. The average Bonchev–Trinajstić information content (AvgIpc) is 3.04. The number of aliphatic hydroxyl groups excluding tert-OH is 1. The van der Waals surface area contributed by atoms with Crippen LogP contribution in [0.15, 0.2) is 29.3 Å². The van der Waals surface area contributed by atoms with Gasteiger partial charge in [-0.05, 0) is 26.8 Å². The minimum absolute atomic E-state index is 0.0223. The number of nitrogens with zero attached hydrogens (tertiary/aromatic N) is 6. The third-order valence-electron chi connectivity index (χ3n) is 5.68. The van der Waals surface area contributed by atoms with Gasteiger partial charge in [-0.2, -0.15) is 4.90 Å². The highest BCUT2D eigenvalue weighted by Crippen LogP contribution is 2.37. The highest BCUT2D eigenvalue weighted by molar-refractivity contribution is 6.19. The van der Waals surface area contributed by atoms with Crippen LogP contribution in [-0.4, -0.2) is 74.6 Å². The molecule has 1 aromatic carbocycles. The van der Waals surface area contributed by atoms with E-state index in [1.807, 2.05) is 31.2 Å². The number of hydrogen-bond donors (Lipinski definition) is 1. The predicted molar refractivity (Wildman–Crippen MR) is 112 cm³/mol. The molecule has 3 heterocycles. The van der Waals surface area contributed by atoms with Gasteiger partial charge in [0.05, 0.1) is 17.8 Å². The number of likely N-dealkylation sites (N-methyl/N-ethyl adjacent to an activating group) is 1. The van der Waals surface area contributed by atoms with Gasteiger partial charge in [-0.1, -0.05) is 24.1 Å². The molecule has 0 radical (unpaired) electrons. The molecule has 2 aliphatic rings. The van der Waals surface area contributed by atoms with E-state index in [1.165, 1.54) is 4.90 Å². The van der Waals surface area contributed by atoms with Crippen molar-refractivity contribution in [2.24, 2.45) is 4.99 Å². The number of aromatic nitrogens is 2. The molecular formula is C21H22N6O3. The lowest BCUT2D eigenvalue weighted by molar-refractivity contribution is -0.126. The largest absolute Gasteiger partial charge is 0.388 e. The molecule has 9 heteroatoms. The maximum atomic E-state index is 13.6. The highest BCUT2D eigenvalue weighted by Gasteiger charge is 2.60. The summed E-state index contributed by atoms with van der Waals surface area (Å²) in [5, 5.41) is 10.6. The topological polar surface area (TPSA) is 102 Å². The van der Waals surface area contributed by atoms with Crippen molar-refractivity contribution in [1.29, 1.82) is 0 Å². The van der Waals surface area contributed by atoms with Crippen LogP contribution in [0, 0.1) is 18.8 Å². The Morgan fingerprint density at radius 3 is 2.67 bits per heavy atom. The number of benzene rings is 1. The van der Waals surface area contributed by atoms with Crippen LogP contribution < -0.4 is 4.90 Å². The lowest BCUT2D eigenvalue weighted by Crippen LogP contribution is -2.71. The van der Waals surface area contributed by atoms with Crippen molar-refractivity contribution in [3.05, 3.63) is 30.0 Å². The molecule has 2 unspecified atom stereocenters. The van der Waals surface area contributed by atoms with Crippen molar-refractivity contribution >= 4 is 34.6 Å². The number of para-hydroxylation sites is 1. The van der Waals surface area contributed by atoms with Crippen LogP contribution in [0.5, 0.6) is 0 Å². The number of urea groups is 1. The van der Waals surface area contributed by atoms with Crippen molar-refractivity contribution in [3.63, 3.8) is 0 Å². The first-order valence-corrected chi connectivity index (χ1v) is 9.54. The Kier molecular flexibility index (Phi) is 4.67. The fraction of sp³-hybridized carbons (Fsp3) is 0.381. The first-order valence-electron chi connectivity index (χ1n) is 9.54. The smallest absolute Gasteiger partial charge is 0.335 e. The summed E-state index contributed by atoms with van der Waals surface area (Å²) < 4.78 is 0. The summed E-state index contributed by atoms with van der Waals surface area (Å²) in [5.74, 6) is 5.55. The SMILES string of the molecule is CC#CCN1C(CO)=NC2(C)C1C(=O)N(c1nc(C)c3ccccc3n1)C(=O)N2C. The van der Waals surface area contributed by atoms with Crippen LogP contribution in [0.4, 0.5) is 10.7 Å². The number of anilines is 1. The van der Waals surface area contributed by atoms with Crippen molar-refractivity contribution in [2.45, 2.75) is 32.5 Å². The first-order chi connectivity index (χ1) is 14.3. The number of aliphatic imine (C=N–C) groups is 1. The third kappa shape index (κ3) is 2.72. The van der Waals surface area contributed by atoms with E-state index in [9.17, 15) is 14.7 Å². The van der Waals surface area contributed by atoms with Crippen LogP contribution in [0.1, 0.15) is 19.5 Å². The molecule has 0 bridgehead atoms. The maximum Gasteiger partial charge on any atom is 0.335 e. The monoisotopic (exact) mass is 406 g/mol. The summed E-state index contributed by atoms with van der Waals surface area (Å²) in [6.07, 6.45) is 0. The number of aryl methyl sites for hydroxylation is 1. The zero-order valence-electron chi connectivity index (χ0n) is 17.2. The van der Waals surface area contributed by atoms with E-state index in [1.54, 1.807) is 25.8 Å². The molecule has 0 saturated carbocycles. The normalized spacial score (nSPS) is 23.4. The summed E-state index contributed by atoms with van der Waals surface area (Å²) in [4.78, 5) is 44.3. The van der Waals surface area contributed by atoms with Gasteiger partial charge in [-0.15, -0.1) is 5.92 Å². The second kappa shape index (κ2) is 7.07. The van der Waals surface area contributed by atoms with Crippen LogP contribution in [-0.2, 0) is 4.79 Å². The molecule has 1 aromatic heterocycles. The average molecular weight is 406 g/mol. The summed E-state index contributed by atoms with van der Waals surface area (Å²) in [7, 11) is 1.58. The summed E-state index contributed by atoms with van der Waals surface area (Å²) >= 11 is 0. The van der Waals surface area contributed by atoms with E-state index in [-0.39, 0.29) is 19.1 Å². The van der Waals surface area contributed by atoms with E-state index in [2.05, 4.69) is 26.8 Å². The molecule has 1 saturated heterocycles. The van der Waals surface area contributed by atoms with Gasteiger partial charge in [0.15, 0.2) is 11.7 Å². The number of amidine groups is 1. The summed E-state index contributed by atoms with van der Waals surface area (Å²) in [5.41, 5.74) is 0.146. The standard InChI is InChI=1S/C21H22N6O3/c1-5-6-11-26-16(12-28)24-21(3)17(26)18(29)27(20(30)25(21)4)19-22-13(2)14-9-7-8-10-15(14)23-19/h7-10,17,28H,11-12H2,1-4H3. The molecule has 0 spiro atoms. The van der Waals surface area contributed by atoms with Gasteiger partial charge >= 0.3 is 6.03 Å². The van der Waals surface area contributed by atoms with Gasteiger partial charge in [0.25, 0.3) is 5.91 Å². The van der Waals surface area contributed by atoms with Crippen LogP contribution in [0.3, 0.4) is 0 Å². The third-order valence-corrected chi connectivity index (χ3v) is 5.68. The fourth-order valence-electron chi connectivity index (χ4n) is 3.99. The predicted octanol–water partition coefficient (Wildman–Crippen LogP) is 1.15. The van der Waals surface area contributed by atoms with Gasteiger partial charge in [0.1, 0.15) is 12.4 Å². The maximum absolute atomic E-state index is 13.6. The van der Waals surface area contributed by atoms with E-state index in [0.29, 0.717) is 17.0 Å². The van der Waals surface area contributed by atoms with Crippen molar-refractivity contribution in [2.75, 3.05) is 25.1 Å². The Morgan fingerprint density at radius 2 is 1.97 bits per heavy atom. The quantitative estimate of drug-likeness (QED) is 0.768. The molecule has 1 N–H and O–H groups in total. The summed E-state index contributed by atoms with van der Waals surface area (Å²) in [6, 6.07) is 6.00. The van der Waals surface area contributed by atoms with Gasteiger partial charge < -0.3 is 10.0 Å². The van der Waals surface area contributed by atoms with E-state index >= 15 is 0 Å². The molecule has 2 aliphatic heterocycles. The van der Waals surface area contributed by atoms with Gasteiger partial charge in [-0.25, -0.2) is 19.8 Å². The first kappa shape index (κ1) is 19.8. The van der Waals surface area contributed by atoms with Gasteiger partial charge in [0, 0.05) is 12.4 Å². The minimum atomic E-state index is -1.16. The molecule has 1 fully saturated rings. The zero-order valence-corrected chi connectivity index (χ0v) is 17.2. The molecule has 2 aromatic rings. The number of carbonyl (C=O) groups is 2. The molecule has 30 heavy (non-hydrogen) atoms. The second-order valence-corrected chi connectivity index (χ2v) is 7.38. The zero-order chi connectivity index (χ0) is 21.6. The molecule has 4 rings (SSSR count). The number of carbonyl (C=O) groups excluding carboxylic acids is 2. The van der Waals surface area contributed by atoms with E-state index in [4.69, 9.17) is 0 Å². The van der Waals surface area contributed by atoms with Gasteiger partial charge in [0.2, 0.25) is 5.95 Å². The lowest BCUT2D eigenvalue weighted by Gasteiger charge is -2.46. The summed E-state index contributed by atoms with van der Waals surface area (Å²) in [6.45, 7) is 5.05. The van der Waals surface area contributed by atoms with Crippen molar-refractivity contribution < 1.29 is 14.7 Å². The molecule has 154 valence electrons. The molecule has 3 amide bonds. The number of rotatable bonds is 3. The highest BCUT2D eigenvalue weighted by atomic mass is 16.3. The van der Waals surface area contributed by atoms with Crippen LogP contribution in [0.2, 0.25) is 0 Å². The molecular weight excluding hydrogens is 384 g/mol. The molecule has 9 nitrogen and oxygen atoms in total. The number of imide groups is 1. The van der Waals surface area contributed by atoms with Gasteiger partial charge in [-0.3, -0.25) is 9.69 Å².